The van der Waals surface area contributed by atoms with E-state index in [2.05, 4.69) is 43.0 Å². The van der Waals surface area contributed by atoms with Crippen molar-refractivity contribution < 1.29 is 0 Å². The van der Waals surface area contributed by atoms with E-state index in [-0.39, 0.29) is 0 Å². The summed E-state index contributed by atoms with van der Waals surface area (Å²) in [5.41, 5.74) is 1.21. The molecular weight excluding hydrogens is 180 g/mol. The van der Waals surface area contributed by atoms with Crippen LogP contribution in [0.1, 0.15) is 39.3 Å². The molecule has 0 saturated heterocycles. The molecule has 0 aromatic carbocycles. The van der Waals surface area contributed by atoms with Crippen LogP contribution in [-0.4, -0.2) is 18.1 Å². The summed E-state index contributed by atoms with van der Waals surface area (Å²) >= 11 is 1.75. The SMILES string of the molecule is CCN(CC)c1nc(C(C)C)cs1. The molecule has 0 fully saturated rings. The molecule has 0 aliphatic rings. The van der Waals surface area contributed by atoms with Crippen LogP contribution in [0.2, 0.25) is 0 Å². The van der Waals surface area contributed by atoms with Crippen molar-refractivity contribution >= 4 is 16.5 Å². The smallest absolute Gasteiger partial charge is 0.185 e. The van der Waals surface area contributed by atoms with Crippen LogP contribution < -0.4 is 4.90 Å². The van der Waals surface area contributed by atoms with E-state index >= 15 is 0 Å². The molecule has 0 radical (unpaired) electrons. The van der Waals surface area contributed by atoms with Gasteiger partial charge in [-0.15, -0.1) is 11.3 Å². The summed E-state index contributed by atoms with van der Waals surface area (Å²) in [4.78, 5) is 6.88. The first-order valence-electron chi connectivity index (χ1n) is 4.89. The molecule has 0 N–H and O–H groups in total. The zero-order chi connectivity index (χ0) is 9.84. The lowest BCUT2D eigenvalue weighted by Gasteiger charge is -2.16. The first-order chi connectivity index (χ1) is 6.19. The molecule has 0 amide bonds. The van der Waals surface area contributed by atoms with Gasteiger partial charge in [0.15, 0.2) is 5.13 Å². The average molecular weight is 198 g/mol. The van der Waals surface area contributed by atoms with Crippen LogP contribution in [0.25, 0.3) is 0 Å². The number of rotatable bonds is 4. The van der Waals surface area contributed by atoms with Gasteiger partial charge in [0.25, 0.3) is 0 Å². The van der Waals surface area contributed by atoms with Crippen LogP contribution >= 0.6 is 11.3 Å². The number of anilines is 1. The quantitative estimate of drug-likeness (QED) is 0.739. The predicted octanol–water partition coefficient (Wildman–Crippen LogP) is 3.11. The summed E-state index contributed by atoms with van der Waals surface area (Å²) in [6.45, 7) is 10.8. The summed E-state index contributed by atoms with van der Waals surface area (Å²) < 4.78 is 0. The molecule has 1 aromatic heterocycles. The average Bonchev–Trinajstić information content (AvgIpc) is 2.56. The maximum atomic E-state index is 4.60. The molecule has 1 heterocycles. The zero-order valence-corrected chi connectivity index (χ0v) is 9.69. The highest BCUT2D eigenvalue weighted by atomic mass is 32.1. The van der Waals surface area contributed by atoms with Crippen LogP contribution in [-0.2, 0) is 0 Å². The largest absolute Gasteiger partial charge is 0.349 e. The molecule has 2 nitrogen and oxygen atoms in total. The van der Waals surface area contributed by atoms with E-state index in [0.717, 1.165) is 18.2 Å². The summed E-state index contributed by atoms with van der Waals surface area (Å²) in [7, 11) is 0. The van der Waals surface area contributed by atoms with Gasteiger partial charge in [-0.25, -0.2) is 4.98 Å². The Balaban J connectivity index is 2.78. The highest BCUT2D eigenvalue weighted by Crippen LogP contribution is 2.24. The van der Waals surface area contributed by atoms with Crippen LogP contribution in [0.5, 0.6) is 0 Å². The number of thiazole rings is 1. The van der Waals surface area contributed by atoms with E-state index in [1.807, 2.05) is 0 Å². The van der Waals surface area contributed by atoms with Crippen molar-refractivity contribution in [3.05, 3.63) is 11.1 Å². The second-order valence-electron chi connectivity index (χ2n) is 3.38. The molecule has 0 aliphatic heterocycles. The van der Waals surface area contributed by atoms with Crippen molar-refractivity contribution in [2.45, 2.75) is 33.6 Å². The van der Waals surface area contributed by atoms with Crippen molar-refractivity contribution in [3.8, 4) is 0 Å². The molecule has 3 heteroatoms. The first-order valence-corrected chi connectivity index (χ1v) is 5.77. The maximum Gasteiger partial charge on any atom is 0.185 e. The molecule has 0 spiro atoms. The van der Waals surface area contributed by atoms with Crippen LogP contribution in [0.15, 0.2) is 5.38 Å². The second-order valence-corrected chi connectivity index (χ2v) is 4.22. The Labute approximate surface area is 84.6 Å². The topological polar surface area (TPSA) is 16.1 Å². The molecule has 0 saturated carbocycles. The minimum atomic E-state index is 0.542. The normalized spacial score (nSPS) is 10.8. The number of aromatic nitrogens is 1. The van der Waals surface area contributed by atoms with Crippen LogP contribution in [0.3, 0.4) is 0 Å². The monoisotopic (exact) mass is 198 g/mol. The summed E-state index contributed by atoms with van der Waals surface area (Å²) in [6, 6.07) is 0. The molecule has 0 bridgehead atoms. The van der Waals surface area contributed by atoms with Gasteiger partial charge < -0.3 is 4.90 Å². The molecular formula is C10H18N2S. The predicted molar refractivity (Wildman–Crippen MR) is 59.8 cm³/mol. The summed E-state index contributed by atoms with van der Waals surface area (Å²) in [5.74, 6) is 0.542. The number of nitrogens with zero attached hydrogens (tertiary/aromatic N) is 2. The molecule has 0 atom stereocenters. The number of hydrogen-bond acceptors (Lipinski definition) is 3. The van der Waals surface area contributed by atoms with Gasteiger partial charge in [0.1, 0.15) is 0 Å². The third-order valence-corrected chi connectivity index (χ3v) is 3.05. The van der Waals surface area contributed by atoms with Gasteiger partial charge in [-0.3, -0.25) is 0 Å². The lowest BCUT2D eigenvalue weighted by molar-refractivity contribution is 0.811. The van der Waals surface area contributed by atoms with Gasteiger partial charge in [-0.2, -0.15) is 0 Å². The van der Waals surface area contributed by atoms with Gasteiger partial charge in [0, 0.05) is 18.5 Å². The van der Waals surface area contributed by atoms with Gasteiger partial charge in [-0.05, 0) is 19.8 Å². The minimum Gasteiger partial charge on any atom is -0.349 e. The summed E-state index contributed by atoms with van der Waals surface area (Å²) in [6.07, 6.45) is 0. The Morgan fingerprint density at radius 2 is 2.00 bits per heavy atom. The molecule has 74 valence electrons. The molecule has 1 aromatic rings. The van der Waals surface area contributed by atoms with Gasteiger partial charge >= 0.3 is 0 Å². The van der Waals surface area contributed by atoms with Crippen LogP contribution in [0.4, 0.5) is 5.13 Å². The standard InChI is InChI=1S/C10H18N2S/c1-5-12(6-2)10-11-9(7-13-10)8(3)4/h7-8H,5-6H2,1-4H3. The zero-order valence-electron chi connectivity index (χ0n) is 8.87. The number of hydrogen-bond donors (Lipinski definition) is 0. The Bertz CT molecular complexity index is 251. The van der Waals surface area contributed by atoms with Gasteiger partial charge in [-0.1, -0.05) is 13.8 Å². The Morgan fingerprint density at radius 3 is 2.38 bits per heavy atom. The van der Waals surface area contributed by atoms with Gasteiger partial charge in [0.2, 0.25) is 0 Å². The Morgan fingerprint density at radius 1 is 1.38 bits per heavy atom. The lowest BCUT2D eigenvalue weighted by atomic mass is 10.2. The highest BCUT2D eigenvalue weighted by molar-refractivity contribution is 7.13. The fraction of sp³-hybridized carbons (Fsp3) is 0.700. The van der Waals surface area contributed by atoms with Crippen molar-refractivity contribution in [3.63, 3.8) is 0 Å². The van der Waals surface area contributed by atoms with Gasteiger partial charge in [0.05, 0.1) is 5.69 Å². The molecule has 0 unspecified atom stereocenters. The van der Waals surface area contributed by atoms with E-state index in [1.54, 1.807) is 11.3 Å². The fourth-order valence-electron chi connectivity index (χ4n) is 1.18. The van der Waals surface area contributed by atoms with Crippen molar-refractivity contribution in [2.75, 3.05) is 18.0 Å². The van der Waals surface area contributed by atoms with Crippen molar-refractivity contribution in [1.29, 1.82) is 0 Å². The minimum absolute atomic E-state index is 0.542. The van der Waals surface area contributed by atoms with Crippen molar-refractivity contribution in [2.24, 2.45) is 0 Å². The third-order valence-electron chi connectivity index (χ3n) is 2.14. The summed E-state index contributed by atoms with van der Waals surface area (Å²) in [5, 5.41) is 3.33. The molecule has 0 aliphatic carbocycles. The van der Waals surface area contributed by atoms with E-state index < -0.39 is 0 Å². The van der Waals surface area contributed by atoms with Crippen molar-refractivity contribution in [1.82, 2.24) is 4.98 Å². The third kappa shape index (κ3) is 2.44. The second kappa shape index (κ2) is 4.61. The lowest BCUT2D eigenvalue weighted by Crippen LogP contribution is -2.21. The van der Waals surface area contributed by atoms with Crippen LogP contribution in [0, 0.1) is 0 Å². The van der Waals surface area contributed by atoms with E-state index in [4.69, 9.17) is 0 Å². The Hall–Kier alpha value is -0.570. The first kappa shape index (κ1) is 10.5. The van der Waals surface area contributed by atoms with E-state index in [1.165, 1.54) is 5.69 Å². The molecule has 1 rings (SSSR count). The highest BCUT2D eigenvalue weighted by Gasteiger charge is 2.09. The Kier molecular flexibility index (Phi) is 3.72. The maximum absolute atomic E-state index is 4.60. The van der Waals surface area contributed by atoms with E-state index in [0.29, 0.717) is 5.92 Å². The molecule has 13 heavy (non-hydrogen) atoms. The van der Waals surface area contributed by atoms with E-state index in [9.17, 15) is 0 Å². The fourth-order valence-corrected chi connectivity index (χ4v) is 2.30.